The second-order valence-corrected chi connectivity index (χ2v) is 7.22. The SMILES string of the molecule is CN1CCc2c(C(F)(F)F)nn(-c3ccc(C(=O)N4CCCC4)cc3)c2C1. The molecule has 0 spiro atoms. The van der Waals surface area contributed by atoms with Gasteiger partial charge in [0.25, 0.3) is 5.91 Å². The van der Waals surface area contributed by atoms with Gasteiger partial charge in [0.05, 0.1) is 11.4 Å². The highest BCUT2D eigenvalue weighted by Crippen LogP contribution is 2.35. The monoisotopic (exact) mass is 378 g/mol. The number of halogens is 3. The van der Waals surface area contributed by atoms with E-state index in [9.17, 15) is 18.0 Å². The van der Waals surface area contributed by atoms with Gasteiger partial charge in [0, 0.05) is 37.3 Å². The Bertz CT molecular complexity index is 851. The first-order valence-electron chi connectivity index (χ1n) is 9.11. The van der Waals surface area contributed by atoms with E-state index < -0.39 is 11.9 Å². The minimum absolute atomic E-state index is 0.0303. The van der Waals surface area contributed by atoms with E-state index in [1.54, 1.807) is 24.3 Å². The summed E-state index contributed by atoms with van der Waals surface area (Å²) in [5.41, 5.74) is 1.13. The number of carbonyl (C=O) groups is 1. The average molecular weight is 378 g/mol. The van der Waals surface area contributed by atoms with E-state index in [1.165, 1.54) is 4.68 Å². The van der Waals surface area contributed by atoms with Crippen LogP contribution in [-0.4, -0.2) is 52.2 Å². The molecule has 4 rings (SSSR count). The molecule has 2 aliphatic heterocycles. The number of carbonyl (C=O) groups excluding carboxylic acids is 1. The number of fused-ring (bicyclic) bond motifs is 1. The molecule has 1 aromatic heterocycles. The van der Waals surface area contributed by atoms with Crippen molar-refractivity contribution >= 4 is 5.91 Å². The van der Waals surface area contributed by atoms with Crippen LogP contribution in [0.4, 0.5) is 13.2 Å². The predicted octanol–water partition coefficient (Wildman–Crippen LogP) is 3.12. The number of aromatic nitrogens is 2. The Labute approximate surface area is 155 Å². The van der Waals surface area contributed by atoms with E-state index in [2.05, 4.69) is 5.10 Å². The van der Waals surface area contributed by atoms with E-state index in [-0.39, 0.29) is 11.5 Å². The van der Waals surface area contributed by atoms with Crippen LogP contribution in [0.25, 0.3) is 5.69 Å². The second-order valence-electron chi connectivity index (χ2n) is 7.22. The van der Waals surface area contributed by atoms with Gasteiger partial charge in [-0.15, -0.1) is 0 Å². The summed E-state index contributed by atoms with van der Waals surface area (Å²) >= 11 is 0. The molecule has 1 saturated heterocycles. The Morgan fingerprint density at radius 3 is 2.37 bits per heavy atom. The Kier molecular flexibility index (Phi) is 4.46. The predicted molar refractivity (Wildman–Crippen MR) is 93.7 cm³/mol. The fourth-order valence-electron chi connectivity index (χ4n) is 3.84. The molecule has 0 unspecified atom stereocenters. The first-order valence-corrected chi connectivity index (χ1v) is 9.11. The minimum Gasteiger partial charge on any atom is -0.339 e. The molecule has 1 aromatic carbocycles. The molecule has 0 N–H and O–H groups in total. The molecule has 144 valence electrons. The molecule has 0 saturated carbocycles. The van der Waals surface area contributed by atoms with Crippen LogP contribution < -0.4 is 0 Å². The molecule has 1 amide bonds. The van der Waals surface area contributed by atoms with Crippen LogP contribution >= 0.6 is 0 Å². The largest absolute Gasteiger partial charge is 0.435 e. The van der Waals surface area contributed by atoms with E-state index in [1.807, 2.05) is 16.8 Å². The van der Waals surface area contributed by atoms with Crippen molar-refractivity contribution in [3.8, 4) is 5.69 Å². The molecule has 2 aliphatic rings. The Morgan fingerprint density at radius 1 is 1.07 bits per heavy atom. The number of hydrogen-bond acceptors (Lipinski definition) is 3. The van der Waals surface area contributed by atoms with Crippen LogP contribution in [0.15, 0.2) is 24.3 Å². The van der Waals surface area contributed by atoms with E-state index >= 15 is 0 Å². The Morgan fingerprint density at radius 2 is 1.74 bits per heavy atom. The summed E-state index contributed by atoms with van der Waals surface area (Å²) in [6.07, 6.45) is -2.13. The standard InChI is InChI=1S/C19H21F3N4O/c1-24-11-8-15-16(12-24)26(23-17(15)19(20,21)22)14-6-4-13(5-7-14)18(27)25-9-2-3-10-25/h4-7H,2-3,8-12H2,1H3. The van der Waals surface area contributed by atoms with Gasteiger partial charge < -0.3 is 9.80 Å². The number of alkyl halides is 3. The normalized spacial score (nSPS) is 18.0. The number of rotatable bonds is 2. The molecular formula is C19H21F3N4O. The maximum absolute atomic E-state index is 13.4. The van der Waals surface area contributed by atoms with Crippen LogP contribution in [-0.2, 0) is 19.1 Å². The Balaban J connectivity index is 1.69. The van der Waals surface area contributed by atoms with Gasteiger partial charge >= 0.3 is 6.18 Å². The summed E-state index contributed by atoms with van der Waals surface area (Å²) in [7, 11) is 1.88. The lowest BCUT2D eigenvalue weighted by Crippen LogP contribution is -2.28. The highest BCUT2D eigenvalue weighted by Gasteiger charge is 2.40. The summed E-state index contributed by atoms with van der Waals surface area (Å²) in [5.74, 6) is -0.0303. The minimum atomic E-state index is -4.48. The van der Waals surface area contributed by atoms with Crippen molar-refractivity contribution in [3.63, 3.8) is 0 Å². The zero-order valence-electron chi connectivity index (χ0n) is 15.1. The van der Waals surface area contributed by atoms with Crippen molar-refractivity contribution in [2.45, 2.75) is 32.0 Å². The first-order chi connectivity index (χ1) is 12.8. The van der Waals surface area contributed by atoms with Crippen LogP contribution in [0.5, 0.6) is 0 Å². The fourth-order valence-corrected chi connectivity index (χ4v) is 3.84. The van der Waals surface area contributed by atoms with Gasteiger partial charge in [-0.3, -0.25) is 4.79 Å². The zero-order valence-corrected chi connectivity index (χ0v) is 15.1. The van der Waals surface area contributed by atoms with Crippen LogP contribution in [0.3, 0.4) is 0 Å². The summed E-state index contributed by atoms with van der Waals surface area (Å²) in [5, 5.41) is 3.89. The smallest absolute Gasteiger partial charge is 0.339 e. The molecular weight excluding hydrogens is 357 g/mol. The lowest BCUT2D eigenvalue weighted by molar-refractivity contribution is -0.142. The Hall–Kier alpha value is -2.35. The summed E-state index contributed by atoms with van der Waals surface area (Å²) in [6, 6.07) is 6.68. The molecule has 0 bridgehead atoms. The van der Waals surface area contributed by atoms with Gasteiger partial charge in [-0.1, -0.05) is 0 Å². The van der Waals surface area contributed by atoms with Crippen LogP contribution in [0.2, 0.25) is 0 Å². The van der Waals surface area contributed by atoms with Gasteiger partial charge in [0.1, 0.15) is 0 Å². The molecule has 1 fully saturated rings. The lowest BCUT2D eigenvalue weighted by atomic mass is 10.0. The van der Waals surface area contributed by atoms with Crippen LogP contribution in [0.1, 0.15) is 40.2 Å². The highest BCUT2D eigenvalue weighted by molar-refractivity contribution is 5.94. The van der Waals surface area contributed by atoms with Crippen molar-refractivity contribution in [2.24, 2.45) is 0 Å². The van der Waals surface area contributed by atoms with Crippen molar-refractivity contribution in [3.05, 3.63) is 46.8 Å². The molecule has 5 nitrogen and oxygen atoms in total. The molecule has 0 atom stereocenters. The topological polar surface area (TPSA) is 41.4 Å². The first kappa shape index (κ1) is 18.0. The molecule has 2 aromatic rings. The third-order valence-electron chi connectivity index (χ3n) is 5.27. The van der Waals surface area contributed by atoms with Crippen molar-refractivity contribution in [1.29, 1.82) is 0 Å². The third-order valence-corrected chi connectivity index (χ3v) is 5.27. The quantitative estimate of drug-likeness (QED) is 0.806. The number of likely N-dealkylation sites (tertiary alicyclic amines) is 1. The van der Waals surface area contributed by atoms with Crippen molar-refractivity contribution < 1.29 is 18.0 Å². The molecule has 27 heavy (non-hydrogen) atoms. The fraction of sp³-hybridized carbons (Fsp3) is 0.474. The maximum atomic E-state index is 13.4. The number of hydrogen-bond donors (Lipinski definition) is 0. The summed E-state index contributed by atoms with van der Waals surface area (Å²) in [4.78, 5) is 16.2. The van der Waals surface area contributed by atoms with Gasteiger partial charge in [-0.2, -0.15) is 18.3 Å². The second kappa shape index (κ2) is 6.67. The number of benzene rings is 1. The van der Waals surface area contributed by atoms with Gasteiger partial charge in [-0.25, -0.2) is 4.68 Å². The molecule has 0 radical (unpaired) electrons. The molecule has 8 heteroatoms. The van der Waals surface area contributed by atoms with Crippen molar-refractivity contribution in [1.82, 2.24) is 19.6 Å². The molecule has 3 heterocycles. The van der Waals surface area contributed by atoms with Gasteiger partial charge in [0.15, 0.2) is 5.69 Å². The average Bonchev–Trinajstić information content (AvgIpc) is 3.28. The van der Waals surface area contributed by atoms with E-state index in [0.29, 0.717) is 36.5 Å². The lowest BCUT2D eigenvalue weighted by Gasteiger charge is -2.24. The summed E-state index contributed by atoms with van der Waals surface area (Å²) in [6.45, 7) is 2.50. The van der Waals surface area contributed by atoms with E-state index in [0.717, 1.165) is 25.9 Å². The van der Waals surface area contributed by atoms with Gasteiger partial charge in [-0.05, 0) is 50.6 Å². The third kappa shape index (κ3) is 3.34. The maximum Gasteiger partial charge on any atom is 0.435 e. The van der Waals surface area contributed by atoms with Crippen molar-refractivity contribution in [2.75, 3.05) is 26.7 Å². The van der Waals surface area contributed by atoms with Crippen LogP contribution in [0, 0.1) is 0 Å². The zero-order chi connectivity index (χ0) is 19.2. The highest BCUT2D eigenvalue weighted by atomic mass is 19.4. The number of nitrogens with zero attached hydrogens (tertiary/aromatic N) is 4. The van der Waals surface area contributed by atoms with Gasteiger partial charge in [0.2, 0.25) is 0 Å². The number of likely N-dealkylation sites (N-methyl/N-ethyl adjacent to an activating group) is 1. The van der Waals surface area contributed by atoms with E-state index in [4.69, 9.17) is 0 Å². The summed E-state index contributed by atoms with van der Waals surface area (Å²) < 4.78 is 41.6. The number of amides is 1. The molecule has 0 aliphatic carbocycles.